The molecule has 0 aromatic heterocycles. The van der Waals surface area contributed by atoms with E-state index in [1.807, 2.05) is 25.7 Å². The second kappa shape index (κ2) is 5.99. The van der Waals surface area contributed by atoms with Crippen molar-refractivity contribution in [3.05, 3.63) is 0 Å². The van der Waals surface area contributed by atoms with Crippen molar-refractivity contribution in [1.29, 1.82) is 0 Å². The van der Waals surface area contributed by atoms with Crippen LogP contribution >= 0.6 is 0 Å². The number of nitrogens with zero attached hydrogens (tertiary/aromatic N) is 2. The molecule has 0 atom stereocenters. The molecule has 0 N–H and O–H groups in total. The monoisotopic (exact) mass is 284 g/mol. The molecule has 2 rings (SSSR count). The van der Waals surface area contributed by atoms with Crippen molar-refractivity contribution in [2.24, 2.45) is 0 Å². The van der Waals surface area contributed by atoms with Gasteiger partial charge in [-0.1, -0.05) is 0 Å². The van der Waals surface area contributed by atoms with E-state index in [1.165, 1.54) is 4.90 Å². The zero-order valence-corrected chi connectivity index (χ0v) is 12.6. The third-order valence-electron chi connectivity index (χ3n) is 3.54. The Morgan fingerprint density at radius 2 is 1.90 bits per heavy atom. The molecule has 0 saturated carbocycles. The van der Waals surface area contributed by atoms with Gasteiger partial charge in [0.2, 0.25) is 5.91 Å². The first-order valence-electron chi connectivity index (χ1n) is 7.22. The second-order valence-corrected chi connectivity index (χ2v) is 6.33. The van der Waals surface area contributed by atoms with Crippen molar-refractivity contribution in [3.8, 4) is 0 Å². The van der Waals surface area contributed by atoms with Gasteiger partial charge in [0.1, 0.15) is 12.1 Å². The summed E-state index contributed by atoms with van der Waals surface area (Å²) in [6.45, 7) is 8.14. The Kier molecular flexibility index (Phi) is 4.52. The first kappa shape index (κ1) is 15.1. The van der Waals surface area contributed by atoms with Crippen molar-refractivity contribution < 1.29 is 19.1 Å². The lowest BCUT2D eigenvalue weighted by Crippen LogP contribution is -2.56. The first-order chi connectivity index (χ1) is 9.37. The van der Waals surface area contributed by atoms with Gasteiger partial charge in [-0.15, -0.1) is 0 Å². The van der Waals surface area contributed by atoms with Crippen molar-refractivity contribution in [2.45, 2.75) is 45.3 Å². The Labute approximate surface area is 120 Å². The minimum atomic E-state index is -0.530. The van der Waals surface area contributed by atoms with Crippen LogP contribution in [0.2, 0.25) is 0 Å². The summed E-state index contributed by atoms with van der Waals surface area (Å²) in [5.41, 5.74) is -0.530. The van der Waals surface area contributed by atoms with Crippen LogP contribution in [0.4, 0.5) is 4.79 Å². The quantitative estimate of drug-likeness (QED) is 0.727. The molecule has 2 amide bonds. The fraction of sp³-hybridized carbons (Fsp3) is 0.857. The molecule has 20 heavy (non-hydrogen) atoms. The van der Waals surface area contributed by atoms with E-state index >= 15 is 0 Å². The van der Waals surface area contributed by atoms with E-state index in [0.717, 1.165) is 12.8 Å². The van der Waals surface area contributed by atoms with Crippen LogP contribution in [0, 0.1) is 0 Å². The van der Waals surface area contributed by atoms with Gasteiger partial charge in [0.25, 0.3) is 0 Å². The normalized spacial score (nSPS) is 22.1. The first-order valence-corrected chi connectivity index (χ1v) is 7.22. The van der Waals surface area contributed by atoms with Crippen LogP contribution in [0.25, 0.3) is 0 Å². The van der Waals surface area contributed by atoms with Crippen LogP contribution in [0.1, 0.15) is 33.6 Å². The Hall–Kier alpha value is -1.30. The summed E-state index contributed by atoms with van der Waals surface area (Å²) >= 11 is 0. The highest BCUT2D eigenvalue weighted by atomic mass is 16.6. The molecule has 2 saturated heterocycles. The average Bonchev–Trinajstić information content (AvgIpc) is 2.37. The molecule has 0 aliphatic carbocycles. The van der Waals surface area contributed by atoms with Gasteiger partial charge in [-0.2, -0.15) is 0 Å². The SMILES string of the molecule is CC(C)(C)OC(=O)N1CCN(C2CCOCC2)C(=O)C1. The standard InChI is InChI=1S/C14H24N2O4/c1-14(2,3)20-13(18)15-6-7-16(12(17)10-15)11-4-8-19-9-5-11/h11H,4-10H2,1-3H3. The van der Waals surface area contributed by atoms with Gasteiger partial charge in [-0.25, -0.2) is 4.79 Å². The van der Waals surface area contributed by atoms with Crippen LogP contribution < -0.4 is 0 Å². The number of carbonyl (C=O) groups excluding carboxylic acids is 2. The largest absolute Gasteiger partial charge is 0.444 e. The predicted molar refractivity (Wildman–Crippen MR) is 73.4 cm³/mol. The van der Waals surface area contributed by atoms with E-state index in [4.69, 9.17) is 9.47 Å². The number of piperazine rings is 1. The van der Waals surface area contributed by atoms with Gasteiger partial charge in [0.15, 0.2) is 0 Å². The van der Waals surface area contributed by atoms with Crippen LogP contribution in [-0.2, 0) is 14.3 Å². The number of rotatable bonds is 1. The summed E-state index contributed by atoms with van der Waals surface area (Å²) in [5, 5.41) is 0. The van der Waals surface area contributed by atoms with Gasteiger partial charge in [0, 0.05) is 32.3 Å². The van der Waals surface area contributed by atoms with E-state index in [0.29, 0.717) is 26.3 Å². The van der Waals surface area contributed by atoms with E-state index in [2.05, 4.69) is 0 Å². The van der Waals surface area contributed by atoms with Gasteiger partial charge < -0.3 is 14.4 Å². The van der Waals surface area contributed by atoms with Gasteiger partial charge >= 0.3 is 6.09 Å². The Balaban J connectivity index is 1.88. The van der Waals surface area contributed by atoms with Crippen molar-refractivity contribution in [2.75, 3.05) is 32.8 Å². The number of hydrogen-bond donors (Lipinski definition) is 0. The molecule has 2 fully saturated rings. The molecule has 0 spiro atoms. The predicted octanol–water partition coefficient (Wildman–Crippen LogP) is 1.24. The van der Waals surface area contributed by atoms with Gasteiger partial charge in [0.05, 0.1) is 0 Å². The third kappa shape index (κ3) is 3.85. The summed E-state index contributed by atoms with van der Waals surface area (Å²) in [7, 11) is 0. The molecule has 2 aliphatic rings. The molecule has 0 unspecified atom stereocenters. The summed E-state index contributed by atoms with van der Waals surface area (Å²) in [4.78, 5) is 27.5. The molecule has 0 radical (unpaired) electrons. The highest BCUT2D eigenvalue weighted by molar-refractivity contribution is 5.83. The number of amides is 2. The van der Waals surface area contributed by atoms with Crippen molar-refractivity contribution >= 4 is 12.0 Å². The zero-order valence-electron chi connectivity index (χ0n) is 12.6. The molecule has 6 heteroatoms. The van der Waals surface area contributed by atoms with Crippen LogP contribution in [0.15, 0.2) is 0 Å². The minimum absolute atomic E-state index is 0.00834. The molecule has 2 aliphatic heterocycles. The molecule has 2 heterocycles. The summed E-state index contributed by atoms with van der Waals surface area (Å²) < 4.78 is 10.6. The van der Waals surface area contributed by atoms with Crippen LogP contribution in [0.3, 0.4) is 0 Å². The Morgan fingerprint density at radius 3 is 2.45 bits per heavy atom. The number of hydrogen-bond acceptors (Lipinski definition) is 4. The average molecular weight is 284 g/mol. The van der Waals surface area contributed by atoms with Crippen LogP contribution in [-0.4, -0.2) is 66.3 Å². The molecule has 0 bridgehead atoms. The summed E-state index contributed by atoms with van der Waals surface area (Å²) in [5.74, 6) is 0.00834. The maximum Gasteiger partial charge on any atom is 0.410 e. The van der Waals surface area contributed by atoms with Gasteiger partial charge in [-0.3, -0.25) is 9.69 Å². The molecule has 114 valence electrons. The lowest BCUT2D eigenvalue weighted by Gasteiger charge is -2.40. The van der Waals surface area contributed by atoms with Crippen LogP contribution in [0.5, 0.6) is 0 Å². The fourth-order valence-electron chi connectivity index (χ4n) is 2.55. The smallest absolute Gasteiger partial charge is 0.410 e. The van der Waals surface area contributed by atoms with Crippen molar-refractivity contribution in [1.82, 2.24) is 9.80 Å². The summed E-state index contributed by atoms with van der Waals surface area (Å²) in [6, 6.07) is 0.261. The van der Waals surface area contributed by atoms with E-state index < -0.39 is 11.7 Å². The Morgan fingerprint density at radius 1 is 1.25 bits per heavy atom. The topological polar surface area (TPSA) is 59.1 Å². The van der Waals surface area contributed by atoms with E-state index in [-0.39, 0.29) is 18.5 Å². The van der Waals surface area contributed by atoms with Gasteiger partial charge in [-0.05, 0) is 33.6 Å². The molecule has 0 aromatic rings. The Bertz CT molecular complexity index is 372. The fourth-order valence-corrected chi connectivity index (χ4v) is 2.55. The minimum Gasteiger partial charge on any atom is -0.444 e. The molecular formula is C14H24N2O4. The second-order valence-electron chi connectivity index (χ2n) is 6.33. The maximum absolute atomic E-state index is 12.2. The lowest BCUT2D eigenvalue weighted by atomic mass is 10.1. The maximum atomic E-state index is 12.2. The number of carbonyl (C=O) groups is 2. The third-order valence-corrected chi connectivity index (χ3v) is 3.54. The highest BCUT2D eigenvalue weighted by Gasteiger charge is 2.34. The number of ether oxygens (including phenoxy) is 2. The van der Waals surface area contributed by atoms with E-state index in [1.54, 1.807) is 0 Å². The summed E-state index contributed by atoms with van der Waals surface area (Å²) in [6.07, 6.45) is 1.37. The van der Waals surface area contributed by atoms with Crippen molar-refractivity contribution in [3.63, 3.8) is 0 Å². The molecule has 0 aromatic carbocycles. The van der Waals surface area contributed by atoms with E-state index in [9.17, 15) is 9.59 Å². The molecular weight excluding hydrogens is 260 g/mol. The zero-order chi connectivity index (χ0) is 14.8. The lowest BCUT2D eigenvalue weighted by molar-refractivity contribution is -0.140. The highest BCUT2D eigenvalue weighted by Crippen LogP contribution is 2.18. The molecule has 6 nitrogen and oxygen atoms in total.